The molecule has 0 amide bonds. The number of carboxylic acid groups (broad SMARTS) is 1. The Morgan fingerprint density at radius 1 is 1.17 bits per heavy atom. The molecule has 0 aliphatic rings. The molecule has 0 fully saturated rings. The molecular formula is C17H15N2O4-. The first-order chi connectivity index (χ1) is 11.1. The third-order valence-electron chi connectivity index (χ3n) is 3.46. The number of carbonyl (C=O) groups excluding carboxylic acids is 1. The number of rotatable bonds is 5. The first kappa shape index (κ1) is 14.9. The van der Waals surface area contributed by atoms with Gasteiger partial charge >= 0.3 is 0 Å². The van der Waals surface area contributed by atoms with Crippen molar-refractivity contribution in [2.75, 3.05) is 7.11 Å². The van der Waals surface area contributed by atoms with Crippen molar-refractivity contribution in [3.8, 4) is 17.1 Å². The Hall–Kier alpha value is -3.02. The highest BCUT2D eigenvalue weighted by atomic mass is 16.7. The van der Waals surface area contributed by atoms with E-state index in [4.69, 9.17) is 9.57 Å². The van der Waals surface area contributed by atoms with Crippen LogP contribution in [0.4, 0.5) is 0 Å². The summed E-state index contributed by atoms with van der Waals surface area (Å²) < 4.78 is 6.57. The number of para-hydroxylation sites is 2. The number of aliphatic carboxylic acids is 1. The van der Waals surface area contributed by atoms with E-state index in [-0.39, 0.29) is 0 Å². The number of benzene rings is 2. The van der Waals surface area contributed by atoms with E-state index in [1.165, 1.54) is 11.7 Å². The molecule has 0 aliphatic carbocycles. The highest BCUT2D eigenvalue weighted by Crippen LogP contribution is 2.25. The van der Waals surface area contributed by atoms with E-state index >= 15 is 0 Å². The van der Waals surface area contributed by atoms with Gasteiger partial charge in [0.15, 0.2) is 11.9 Å². The van der Waals surface area contributed by atoms with Crippen LogP contribution in [0.5, 0.6) is 5.75 Å². The van der Waals surface area contributed by atoms with Gasteiger partial charge in [-0.05, 0) is 43.3 Å². The molecule has 0 spiro atoms. The lowest BCUT2D eigenvalue weighted by Crippen LogP contribution is -2.40. The van der Waals surface area contributed by atoms with Crippen LogP contribution in [0, 0.1) is 0 Å². The molecule has 0 bridgehead atoms. The Morgan fingerprint density at radius 3 is 2.52 bits per heavy atom. The van der Waals surface area contributed by atoms with E-state index in [0.717, 1.165) is 11.3 Å². The molecule has 1 atom stereocenters. The van der Waals surface area contributed by atoms with Crippen LogP contribution in [-0.4, -0.2) is 28.9 Å². The molecule has 0 N–H and O–H groups in total. The van der Waals surface area contributed by atoms with E-state index in [9.17, 15) is 9.90 Å². The normalized spacial score (nSPS) is 12.1. The van der Waals surface area contributed by atoms with Gasteiger partial charge in [0.25, 0.3) is 0 Å². The van der Waals surface area contributed by atoms with E-state index in [1.807, 2.05) is 36.4 Å². The van der Waals surface area contributed by atoms with Crippen LogP contribution >= 0.6 is 0 Å². The van der Waals surface area contributed by atoms with Gasteiger partial charge in [-0.15, -0.1) is 0 Å². The van der Waals surface area contributed by atoms with Crippen LogP contribution in [0.25, 0.3) is 22.4 Å². The topological polar surface area (TPSA) is 76.4 Å². The molecule has 1 heterocycles. The SMILES string of the molecule is COc1ccc(-c2nc3ccccc3n2O[C@@H](C)C(=O)[O-])cc1. The van der Waals surface area contributed by atoms with Gasteiger partial charge in [-0.25, -0.2) is 4.98 Å². The molecule has 0 saturated carbocycles. The van der Waals surface area contributed by atoms with Crippen LogP contribution < -0.4 is 14.7 Å². The summed E-state index contributed by atoms with van der Waals surface area (Å²) in [5, 5.41) is 11.0. The smallest absolute Gasteiger partial charge is 0.176 e. The Labute approximate surface area is 132 Å². The molecule has 6 nitrogen and oxygen atoms in total. The second-order valence-corrected chi connectivity index (χ2v) is 5.01. The Balaban J connectivity index is 2.12. The maximum atomic E-state index is 11.0. The van der Waals surface area contributed by atoms with Crippen LogP contribution in [0.1, 0.15) is 6.92 Å². The lowest BCUT2D eigenvalue weighted by atomic mass is 10.2. The maximum Gasteiger partial charge on any atom is 0.176 e. The van der Waals surface area contributed by atoms with Crippen molar-refractivity contribution in [2.45, 2.75) is 13.0 Å². The van der Waals surface area contributed by atoms with Gasteiger partial charge in [-0.3, -0.25) is 0 Å². The predicted molar refractivity (Wildman–Crippen MR) is 82.8 cm³/mol. The molecule has 23 heavy (non-hydrogen) atoms. The Kier molecular flexibility index (Phi) is 3.89. The van der Waals surface area contributed by atoms with Crippen LogP contribution in [-0.2, 0) is 4.79 Å². The summed E-state index contributed by atoms with van der Waals surface area (Å²) in [6.45, 7) is 1.42. The number of hydrogen-bond acceptors (Lipinski definition) is 5. The van der Waals surface area contributed by atoms with Crippen molar-refractivity contribution in [2.24, 2.45) is 0 Å². The molecule has 1 aromatic heterocycles. The maximum absolute atomic E-state index is 11.0. The number of nitrogens with zero attached hydrogens (tertiary/aromatic N) is 2. The summed E-state index contributed by atoms with van der Waals surface area (Å²) in [7, 11) is 1.59. The molecule has 2 aromatic carbocycles. The van der Waals surface area contributed by atoms with E-state index in [0.29, 0.717) is 16.9 Å². The second kappa shape index (κ2) is 6.00. The number of hydrogen-bond donors (Lipinski definition) is 0. The highest BCUT2D eigenvalue weighted by molar-refractivity contribution is 5.80. The largest absolute Gasteiger partial charge is 0.546 e. The van der Waals surface area contributed by atoms with Gasteiger partial charge in [0, 0.05) is 5.56 Å². The van der Waals surface area contributed by atoms with Gasteiger partial charge < -0.3 is 19.5 Å². The van der Waals surface area contributed by atoms with Crippen molar-refractivity contribution < 1.29 is 19.5 Å². The fourth-order valence-electron chi connectivity index (χ4n) is 2.23. The summed E-state index contributed by atoms with van der Waals surface area (Å²) >= 11 is 0. The van der Waals surface area contributed by atoms with Gasteiger partial charge in [-0.2, -0.15) is 4.73 Å². The van der Waals surface area contributed by atoms with Crippen molar-refractivity contribution >= 4 is 17.0 Å². The van der Waals surface area contributed by atoms with Crippen molar-refractivity contribution in [1.82, 2.24) is 9.71 Å². The third-order valence-corrected chi connectivity index (χ3v) is 3.46. The van der Waals surface area contributed by atoms with Crippen molar-refractivity contribution in [3.05, 3.63) is 48.5 Å². The standard InChI is InChI=1S/C17H16N2O4/c1-11(17(20)21)23-19-15-6-4-3-5-14(15)18-16(19)12-7-9-13(22-2)10-8-12/h3-11H,1-2H3,(H,20,21)/p-1/t11-/m0/s1. The zero-order valence-electron chi connectivity index (χ0n) is 12.7. The van der Waals surface area contributed by atoms with E-state index < -0.39 is 12.1 Å². The Bertz CT molecular complexity index is 839. The molecule has 6 heteroatoms. The summed E-state index contributed by atoms with van der Waals surface area (Å²) in [5.41, 5.74) is 2.18. The van der Waals surface area contributed by atoms with Gasteiger partial charge in [0.2, 0.25) is 0 Å². The number of ether oxygens (including phenoxy) is 1. The molecule has 118 valence electrons. The molecule has 0 unspecified atom stereocenters. The zero-order valence-corrected chi connectivity index (χ0v) is 12.7. The van der Waals surface area contributed by atoms with Crippen LogP contribution in [0.2, 0.25) is 0 Å². The molecule has 3 rings (SSSR count). The highest BCUT2D eigenvalue weighted by Gasteiger charge is 2.16. The van der Waals surface area contributed by atoms with Crippen LogP contribution in [0.3, 0.4) is 0 Å². The summed E-state index contributed by atoms with van der Waals surface area (Å²) in [6, 6.07) is 14.6. The van der Waals surface area contributed by atoms with E-state index in [1.54, 1.807) is 19.2 Å². The number of carboxylic acids is 1. The lowest BCUT2D eigenvalue weighted by molar-refractivity contribution is -0.315. The minimum atomic E-state index is -1.29. The van der Waals surface area contributed by atoms with Gasteiger partial charge in [-0.1, -0.05) is 12.1 Å². The third kappa shape index (κ3) is 2.83. The molecule has 0 saturated heterocycles. The molecule has 3 aromatic rings. The number of fused-ring (bicyclic) bond motifs is 1. The first-order valence-electron chi connectivity index (χ1n) is 7.10. The van der Waals surface area contributed by atoms with Crippen molar-refractivity contribution in [3.63, 3.8) is 0 Å². The molecule has 0 radical (unpaired) electrons. The fourth-order valence-corrected chi connectivity index (χ4v) is 2.23. The van der Waals surface area contributed by atoms with Gasteiger partial charge in [0.1, 0.15) is 11.3 Å². The predicted octanol–water partition coefficient (Wildman–Crippen LogP) is 1.28. The summed E-state index contributed by atoms with van der Waals surface area (Å²) in [6.07, 6.45) is -1.11. The summed E-state index contributed by atoms with van der Waals surface area (Å²) in [5.74, 6) is -0.0501. The lowest BCUT2D eigenvalue weighted by Gasteiger charge is -2.18. The Morgan fingerprint density at radius 2 is 1.87 bits per heavy atom. The molecular weight excluding hydrogens is 296 g/mol. The minimum Gasteiger partial charge on any atom is -0.546 e. The quantitative estimate of drug-likeness (QED) is 0.709. The number of methoxy groups -OCH3 is 1. The first-order valence-corrected chi connectivity index (χ1v) is 7.10. The summed E-state index contributed by atoms with van der Waals surface area (Å²) in [4.78, 5) is 21.1. The average Bonchev–Trinajstić information content (AvgIpc) is 2.93. The van der Waals surface area contributed by atoms with Crippen molar-refractivity contribution in [1.29, 1.82) is 0 Å². The average molecular weight is 311 g/mol. The minimum absolute atomic E-state index is 0.516. The van der Waals surface area contributed by atoms with Gasteiger partial charge in [0.05, 0.1) is 18.6 Å². The second-order valence-electron chi connectivity index (χ2n) is 5.01. The number of carbonyl (C=O) groups is 1. The number of imidazole rings is 1. The monoisotopic (exact) mass is 311 g/mol. The van der Waals surface area contributed by atoms with E-state index in [2.05, 4.69) is 4.98 Å². The molecule has 0 aliphatic heterocycles. The number of aromatic nitrogens is 2. The van der Waals surface area contributed by atoms with Crippen LogP contribution in [0.15, 0.2) is 48.5 Å². The fraction of sp³-hybridized carbons (Fsp3) is 0.176. The zero-order chi connectivity index (χ0) is 16.4.